The van der Waals surface area contributed by atoms with Gasteiger partial charge < -0.3 is 0 Å². The van der Waals surface area contributed by atoms with Gasteiger partial charge in [0.25, 0.3) is 5.82 Å². The van der Waals surface area contributed by atoms with Gasteiger partial charge in [0.2, 0.25) is 0 Å². The predicted octanol–water partition coefficient (Wildman–Crippen LogP) is 5.10. The zero-order chi connectivity index (χ0) is 17.7. The zero-order valence-electron chi connectivity index (χ0n) is 15.4. The second-order valence-electron chi connectivity index (χ2n) is 7.49. The van der Waals surface area contributed by atoms with Crippen LogP contribution in [0.4, 0.5) is 0 Å². The molecule has 0 saturated heterocycles. The number of rotatable bonds is 2. The lowest BCUT2D eigenvalue weighted by molar-refractivity contribution is -0.634. The molecule has 3 heteroatoms. The van der Waals surface area contributed by atoms with E-state index in [0.29, 0.717) is 6.04 Å². The highest BCUT2D eigenvalue weighted by atomic mass is 15.2. The van der Waals surface area contributed by atoms with Crippen LogP contribution in [0.15, 0.2) is 54.7 Å². The van der Waals surface area contributed by atoms with Crippen LogP contribution in [0.2, 0.25) is 0 Å². The van der Waals surface area contributed by atoms with Gasteiger partial charge in [-0.15, -0.1) is 0 Å². The van der Waals surface area contributed by atoms with Gasteiger partial charge in [0, 0.05) is 11.6 Å². The maximum absolute atomic E-state index is 4.77. The lowest BCUT2D eigenvalue weighted by Gasteiger charge is -2.12. The summed E-state index contributed by atoms with van der Waals surface area (Å²) >= 11 is 0. The van der Waals surface area contributed by atoms with E-state index in [4.69, 9.17) is 4.98 Å². The van der Waals surface area contributed by atoms with Gasteiger partial charge in [-0.05, 0) is 56.4 Å². The summed E-state index contributed by atoms with van der Waals surface area (Å²) in [5.74, 6) is 1.29. The lowest BCUT2D eigenvalue weighted by Crippen LogP contribution is -2.31. The molecule has 0 N–H and O–H groups in total. The Morgan fingerprint density at radius 3 is 2.58 bits per heavy atom. The Morgan fingerprint density at radius 1 is 1.00 bits per heavy atom. The highest BCUT2D eigenvalue weighted by Crippen LogP contribution is 2.37. The summed E-state index contributed by atoms with van der Waals surface area (Å²) in [4.78, 5) is 4.77. The Balaban J connectivity index is 1.86. The molecule has 1 aliphatic carbocycles. The number of nitrogens with zero attached hydrogens (tertiary/aromatic N) is 3. The molecule has 0 spiro atoms. The van der Waals surface area contributed by atoms with Crippen LogP contribution >= 0.6 is 0 Å². The minimum atomic E-state index is 0.585. The molecular formula is C23H24N3+. The molecule has 3 nitrogen and oxygen atoms in total. The van der Waals surface area contributed by atoms with Crippen LogP contribution in [-0.4, -0.2) is 9.55 Å². The third-order valence-corrected chi connectivity index (χ3v) is 6.02. The summed E-state index contributed by atoms with van der Waals surface area (Å²) in [6.45, 7) is 2.23. The van der Waals surface area contributed by atoms with E-state index in [1.165, 1.54) is 59.1 Å². The maximum Gasteiger partial charge on any atom is 0.291 e. The van der Waals surface area contributed by atoms with Gasteiger partial charge in [-0.2, -0.15) is 0 Å². The van der Waals surface area contributed by atoms with E-state index in [-0.39, 0.29) is 0 Å². The van der Waals surface area contributed by atoms with Crippen molar-refractivity contribution in [1.82, 2.24) is 9.55 Å². The van der Waals surface area contributed by atoms with E-state index >= 15 is 0 Å². The van der Waals surface area contributed by atoms with Crippen molar-refractivity contribution in [3.8, 4) is 11.4 Å². The second kappa shape index (κ2) is 5.94. The second-order valence-corrected chi connectivity index (χ2v) is 7.49. The molecule has 1 aliphatic rings. The molecule has 2 aromatic carbocycles. The fourth-order valence-corrected chi connectivity index (χ4v) is 4.69. The average Bonchev–Trinajstić information content (AvgIpc) is 3.29. The first-order valence-electron chi connectivity index (χ1n) is 9.59. The molecule has 0 unspecified atom stereocenters. The first-order chi connectivity index (χ1) is 12.8. The molecule has 4 aromatic rings. The summed E-state index contributed by atoms with van der Waals surface area (Å²) in [6.07, 6.45) is 7.26. The number of imidazole rings is 1. The number of hydrogen-bond donors (Lipinski definition) is 0. The van der Waals surface area contributed by atoms with Crippen molar-refractivity contribution >= 4 is 21.9 Å². The summed E-state index contributed by atoms with van der Waals surface area (Å²) in [5, 5.41) is 1.24. The van der Waals surface area contributed by atoms with Crippen LogP contribution in [0.1, 0.15) is 37.3 Å². The first kappa shape index (κ1) is 15.6. The summed E-state index contributed by atoms with van der Waals surface area (Å²) in [7, 11) is 2.19. The van der Waals surface area contributed by atoms with E-state index in [9.17, 15) is 0 Å². The Labute approximate surface area is 153 Å². The van der Waals surface area contributed by atoms with Crippen molar-refractivity contribution < 1.29 is 4.57 Å². The largest absolute Gasteiger partial charge is 0.291 e. The summed E-state index contributed by atoms with van der Waals surface area (Å²) in [5.41, 5.74) is 6.26. The van der Waals surface area contributed by atoms with E-state index in [2.05, 4.69) is 77.8 Å². The van der Waals surface area contributed by atoms with Crippen LogP contribution in [0, 0.1) is 6.92 Å². The minimum Gasteiger partial charge on any atom is -0.255 e. The molecular weight excluding hydrogens is 318 g/mol. The molecule has 0 bridgehead atoms. The molecule has 5 rings (SSSR count). The van der Waals surface area contributed by atoms with Crippen molar-refractivity contribution in [2.24, 2.45) is 7.05 Å². The third-order valence-electron chi connectivity index (χ3n) is 6.02. The van der Waals surface area contributed by atoms with E-state index in [0.717, 1.165) is 5.52 Å². The van der Waals surface area contributed by atoms with Gasteiger partial charge in [-0.1, -0.05) is 30.3 Å². The quantitative estimate of drug-likeness (QED) is 0.464. The fourth-order valence-electron chi connectivity index (χ4n) is 4.69. The highest BCUT2D eigenvalue weighted by molar-refractivity contribution is 5.88. The third kappa shape index (κ3) is 2.20. The van der Waals surface area contributed by atoms with Gasteiger partial charge in [-0.3, -0.25) is 4.98 Å². The van der Waals surface area contributed by atoms with E-state index in [1.54, 1.807) is 0 Å². The predicted molar refractivity (Wildman–Crippen MR) is 106 cm³/mol. The molecule has 1 saturated carbocycles. The molecule has 0 atom stereocenters. The van der Waals surface area contributed by atoms with Gasteiger partial charge in [0.05, 0.1) is 18.1 Å². The molecule has 0 amide bonds. The molecule has 26 heavy (non-hydrogen) atoms. The highest BCUT2D eigenvalue weighted by Gasteiger charge is 2.32. The molecule has 0 aliphatic heterocycles. The van der Waals surface area contributed by atoms with Gasteiger partial charge in [-0.25, -0.2) is 9.13 Å². The normalized spacial score (nSPS) is 15.3. The Bertz CT molecular complexity index is 1120. The number of fused-ring (bicyclic) bond motifs is 2. The van der Waals surface area contributed by atoms with Crippen molar-refractivity contribution in [1.29, 1.82) is 0 Å². The van der Waals surface area contributed by atoms with Crippen molar-refractivity contribution in [2.75, 3.05) is 0 Å². The Hall–Kier alpha value is -2.68. The number of hydrogen-bond acceptors (Lipinski definition) is 1. The van der Waals surface area contributed by atoms with Crippen LogP contribution < -0.4 is 4.57 Å². The SMILES string of the molecule is Cc1c(-c2n(C3CCCC3)c3ccccc3[n+]2C)cnc2ccccc12. The van der Waals surface area contributed by atoms with Gasteiger partial charge in [0.15, 0.2) is 11.0 Å². The average molecular weight is 342 g/mol. The molecule has 0 radical (unpaired) electrons. The minimum absolute atomic E-state index is 0.585. The van der Waals surface area contributed by atoms with Gasteiger partial charge >= 0.3 is 0 Å². The molecule has 2 heterocycles. The van der Waals surface area contributed by atoms with Crippen LogP contribution in [-0.2, 0) is 7.05 Å². The van der Waals surface area contributed by atoms with Crippen LogP contribution in [0.5, 0.6) is 0 Å². The number of aromatic nitrogens is 3. The molecule has 130 valence electrons. The Morgan fingerprint density at radius 2 is 1.73 bits per heavy atom. The van der Waals surface area contributed by atoms with Crippen LogP contribution in [0.3, 0.4) is 0 Å². The number of aryl methyl sites for hydroxylation is 2. The van der Waals surface area contributed by atoms with Crippen LogP contribution in [0.25, 0.3) is 33.3 Å². The van der Waals surface area contributed by atoms with Crippen molar-refractivity contribution in [3.05, 3.63) is 60.3 Å². The Kier molecular flexibility index (Phi) is 3.56. The molecule has 2 aromatic heterocycles. The van der Waals surface area contributed by atoms with Crippen molar-refractivity contribution in [3.63, 3.8) is 0 Å². The standard InChI is InChI=1S/C23H24N3/c1-16-18-11-5-6-12-20(18)24-15-19(16)23-25(2)21-13-7-8-14-22(21)26(23)17-9-3-4-10-17/h5-8,11-15,17H,3-4,9-10H2,1-2H3/q+1. The topological polar surface area (TPSA) is 21.7 Å². The number of benzene rings is 2. The van der Waals surface area contributed by atoms with Gasteiger partial charge in [0.1, 0.15) is 6.04 Å². The van der Waals surface area contributed by atoms with Crippen molar-refractivity contribution in [2.45, 2.75) is 38.6 Å². The summed E-state index contributed by atoms with van der Waals surface area (Å²) in [6, 6.07) is 17.8. The number of para-hydroxylation sites is 3. The monoisotopic (exact) mass is 342 g/mol. The lowest BCUT2D eigenvalue weighted by atomic mass is 10.0. The zero-order valence-corrected chi connectivity index (χ0v) is 15.4. The van der Waals surface area contributed by atoms with E-state index in [1.807, 2.05) is 0 Å². The maximum atomic E-state index is 4.77. The smallest absolute Gasteiger partial charge is 0.255 e. The van der Waals surface area contributed by atoms with E-state index < -0.39 is 0 Å². The first-order valence-corrected chi connectivity index (χ1v) is 9.59. The summed E-state index contributed by atoms with van der Waals surface area (Å²) < 4.78 is 4.94. The fraction of sp³-hybridized carbons (Fsp3) is 0.304. The molecule has 1 fully saturated rings. The number of pyridine rings is 1.